The minimum atomic E-state index is -0.143. The summed E-state index contributed by atoms with van der Waals surface area (Å²) >= 11 is 0. The third-order valence-electron chi connectivity index (χ3n) is 1.30. The Morgan fingerprint density at radius 2 is 1.43 bits per heavy atom. The van der Waals surface area contributed by atoms with E-state index in [-0.39, 0.29) is 5.60 Å². The minimum absolute atomic E-state index is 0.143. The Morgan fingerprint density at radius 1 is 1.00 bits per heavy atom. The number of benzene rings is 1. The Morgan fingerprint density at radius 3 is 1.79 bits per heavy atom. The van der Waals surface area contributed by atoms with Crippen molar-refractivity contribution in [3.05, 3.63) is 24.3 Å². The highest BCUT2D eigenvalue weighted by atomic mass is 16.5. The van der Waals surface area contributed by atoms with Gasteiger partial charge in [-0.15, -0.1) is 0 Å². The summed E-state index contributed by atoms with van der Waals surface area (Å²) in [6.45, 7) is 10.1. The van der Waals surface area contributed by atoms with Crippen molar-refractivity contribution in [1.82, 2.24) is 0 Å². The highest BCUT2D eigenvalue weighted by Gasteiger charge is 2.10. The van der Waals surface area contributed by atoms with Gasteiger partial charge in [0.2, 0.25) is 0 Å². The van der Waals surface area contributed by atoms with E-state index in [0.717, 1.165) is 11.4 Å². The molecule has 2 N–H and O–H groups in total. The van der Waals surface area contributed by atoms with E-state index in [1.807, 2.05) is 58.9 Å². The molecule has 0 atom stereocenters. The van der Waals surface area contributed by atoms with Crippen molar-refractivity contribution in [3.63, 3.8) is 0 Å². The lowest BCUT2D eigenvalue weighted by molar-refractivity contribution is 0.131. The highest BCUT2D eigenvalue weighted by molar-refractivity contribution is 5.41. The number of nitrogens with two attached hydrogens (primary N) is 1. The van der Waals surface area contributed by atoms with E-state index in [9.17, 15) is 0 Å². The molecule has 0 amide bonds. The van der Waals surface area contributed by atoms with Gasteiger partial charge in [0, 0.05) is 5.69 Å². The van der Waals surface area contributed by atoms with Crippen LogP contribution in [0.15, 0.2) is 24.3 Å². The average Bonchev–Trinajstić information content (AvgIpc) is 2.10. The van der Waals surface area contributed by atoms with Crippen molar-refractivity contribution < 1.29 is 4.74 Å². The van der Waals surface area contributed by atoms with Gasteiger partial charge in [-0.25, -0.2) is 0 Å². The molecule has 0 fully saturated rings. The van der Waals surface area contributed by atoms with Crippen molar-refractivity contribution in [2.45, 2.75) is 40.2 Å². The third kappa shape index (κ3) is 5.46. The molecule has 0 saturated carbocycles. The van der Waals surface area contributed by atoms with E-state index in [1.165, 1.54) is 0 Å². The van der Waals surface area contributed by atoms with Crippen LogP contribution < -0.4 is 10.5 Å². The second-order valence-corrected chi connectivity index (χ2v) is 3.78. The van der Waals surface area contributed by atoms with Gasteiger partial charge in [0.25, 0.3) is 0 Å². The zero-order valence-corrected chi connectivity index (χ0v) is 9.79. The Kier molecular flexibility index (Phi) is 5.06. The van der Waals surface area contributed by atoms with Crippen LogP contribution in [0.4, 0.5) is 5.69 Å². The van der Waals surface area contributed by atoms with Gasteiger partial charge in [0.1, 0.15) is 11.4 Å². The molecule has 80 valence electrons. The minimum Gasteiger partial charge on any atom is -0.488 e. The van der Waals surface area contributed by atoms with Crippen LogP contribution in [0, 0.1) is 0 Å². The smallest absolute Gasteiger partial charge is 0.120 e. The first-order valence-electron chi connectivity index (χ1n) is 5.02. The summed E-state index contributed by atoms with van der Waals surface area (Å²) in [5.41, 5.74) is 6.15. The lowest BCUT2D eigenvalue weighted by Crippen LogP contribution is -2.22. The summed E-state index contributed by atoms with van der Waals surface area (Å²) in [5, 5.41) is 0. The maximum atomic E-state index is 5.60. The lowest BCUT2D eigenvalue weighted by Gasteiger charge is -2.21. The number of rotatable bonds is 1. The summed E-state index contributed by atoms with van der Waals surface area (Å²) in [7, 11) is 0. The molecule has 0 aliphatic carbocycles. The Labute approximate surface area is 87.1 Å². The van der Waals surface area contributed by atoms with Gasteiger partial charge >= 0.3 is 0 Å². The third-order valence-corrected chi connectivity index (χ3v) is 1.30. The van der Waals surface area contributed by atoms with Gasteiger partial charge in [0.05, 0.1) is 0 Å². The van der Waals surface area contributed by atoms with E-state index in [1.54, 1.807) is 0 Å². The van der Waals surface area contributed by atoms with Crippen molar-refractivity contribution in [2.75, 3.05) is 5.73 Å². The van der Waals surface area contributed by atoms with E-state index < -0.39 is 0 Å². The normalized spacial score (nSPS) is 10.1. The molecular weight excluding hydrogens is 174 g/mol. The standard InChI is InChI=1S/C10H15NO.C2H6/c1-10(2,3)12-9-6-4-8(11)5-7-9;1-2/h4-7H,11H2,1-3H3;1-2H3. The summed E-state index contributed by atoms with van der Waals surface area (Å²) < 4.78 is 5.60. The number of nitrogen functional groups attached to an aromatic ring is 1. The number of hydrogen-bond acceptors (Lipinski definition) is 2. The van der Waals surface area contributed by atoms with Crippen LogP contribution >= 0.6 is 0 Å². The molecule has 1 rings (SSSR count). The van der Waals surface area contributed by atoms with Crippen LogP contribution in [0.5, 0.6) is 5.75 Å². The molecule has 2 heteroatoms. The maximum absolute atomic E-state index is 5.60. The molecule has 1 aromatic rings. The zero-order chi connectivity index (χ0) is 11.2. The molecule has 0 unspecified atom stereocenters. The topological polar surface area (TPSA) is 35.2 Å². The molecule has 14 heavy (non-hydrogen) atoms. The van der Waals surface area contributed by atoms with Crippen LogP contribution in [-0.2, 0) is 0 Å². The summed E-state index contributed by atoms with van der Waals surface area (Å²) in [6.07, 6.45) is 0. The second kappa shape index (κ2) is 5.53. The van der Waals surface area contributed by atoms with E-state index in [2.05, 4.69) is 0 Å². The molecule has 0 heterocycles. The van der Waals surface area contributed by atoms with Gasteiger partial charge in [0.15, 0.2) is 0 Å². The summed E-state index contributed by atoms with van der Waals surface area (Å²) in [4.78, 5) is 0. The summed E-state index contributed by atoms with van der Waals surface area (Å²) in [5.74, 6) is 0.858. The van der Waals surface area contributed by atoms with Crippen LogP contribution in [0.1, 0.15) is 34.6 Å². The SMILES string of the molecule is CC.CC(C)(C)Oc1ccc(N)cc1. The molecular formula is C12H21NO. The fourth-order valence-electron chi connectivity index (χ4n) is 0.889. The molecule has 1 aromatic carbocycles. The van der Waals surface area contributed by atoms with Crippen LogP contribution in [0.25, 0.3) is 0 Å². The van der Waals surface area contributed by atoms with Crippen molar-refractivity contribution in [2.24, 2.45) is 0 Å². The lowest BCUT2D eigenvalue weighted by atomic mass is 10.2. The molecule has 0 bridgehead atoms. The number of anilines is 1. The fourth-order valence-corrected chi connectivity index (χ4v) is 0.889. The van der Waals surface area contributed by atoms with Crippen molar-refractivity contribution in [1.29, 1.82) is 0 Å². The van der Waals surface area contributed by atoms with Gasteiger partial charge in [-0.1, -0.05) is 13.8 Å². The highest BCUT2D eigenvalue weighted by Crippen LogP contribution is 2.18. The van der Waals surface area contributed by atoms with Crippen LogP contribution in [0.2, 0.25) is 0 Å². The number of hydrogen-bond donors (Lipinski definition) is 1. The van der Waals surface area contributed by atoms with Gasteiger partial charge in [-0.3, -0.25) is 0 Å². The predicted molar refractivity (Wildman–Crippen MR) is 62.6 cm³/mol. The largest absolute Gasteiger partial charge is 0.488 e. The van der Waals surface area contributed by atoms with E-state index in [4.69, 9.17) is 10.5 Å². The van der Waals surface area contributed by atoms with Crippen LogP contribution in [-0.4, -0.2) is 5.60 Å². The van der Waals surface area contributed by atoms with Gasteiger partial charge in [-0.2, -0.15) is 0 Å². The van der Waals surface area contributed by atoms with Crippen molar-refractivity contribution in [3.8, 4) is 5.75 Å². The fraction of sp³-hybridized carbons (Fsp3) is 0.500. The molecule has 0 radical (unpaired) electrons. The maximum Gasteiger partial charge on any atom is 0.120 e. The van der Waals surface area contributed by atoms with E-state index >= 15 is 0 Å². The van der Waals surface area contributed by atoms with Gasteiger partial charge < -0.3 is 10.5 Å². The zero-order valence-electron chi connectivity index (χ0n) is 9.79. The Balaban J connectivity index is 0.000000791. The first-order valence-corrected chi connectivity index (χ1v) is 5.02. The monoisotopic (exact) mass is 195 g/mol. The molecule has 2 nitrogen and oxygen atoms in total. The Bertz CT molecular complexity index is 246. The van der Waals surface area contributed by atoms with Crippen LogP contribution in [0.3, 0.4) is 0 Å². The predicted octanol–water partition coefficient (Wildman–Crippen LogP) is 3.47. The Hall–Kier alpha value is -1.18. The first-order chi connectivity index (χ1) is 6.47. The first kappa shape index (κ1) is 12.8. The average molecular weight is 195 g/mol. The molecule has 0 spiro atoms. The second-order valence-electron chi connectivity index (χ2n) is 3.78. The number of ether oxygens (including phenoxy) is 1. The van der Waals surface area contributed by atoms with Gasteiger partial charge in [-0.05, 0) is 45.0 Å². The molecule has 0 aliphatic rings. The molecule has 0 saturated heterocycles. The summed E-state index contributed by atoms with van der Waals surface area (Å²) in [6, 6.07) is 7.42. The molecule has 0 aromatic heterocycles. The molecule has 0 aliphatic heterocycles. The quantitative estimate of drug-likeness (QED) is 0.696. The van der Waals surface area contributed by atoms with Crippen molar-refractivity contribution >= 4 is 5.69 Å². The van der Waals surface area contributed by atoms with E-state index in [0.29, 0.717) is 0 Å².